The molecular formula is C16H15ClN2O2. The lowest BCUT2D eigenvalue weighted by Gasteiger charge is -2.09. The van der Waals surface area contributed by atoms with Gasteiger partial charge in [0.2, 0.25) is 0 Å². The van der Waals surface area contributed by atoms with Gasteiger partial charge in [-0.1, -0.05) is 41.9 Å². The summed E-state index contributed by atoms with van der Waals surface area (Å²) < 4.78 is 0. The van der Waals surface area contributed by atoms with Crippen LogP contribution in [0.1, 0.15) is 11.1 Å². The van der Waals surface area contributed by atoms with Crippen LogP contribution in [-0.2, 0) is 11.3 Å². The van der Waals surface area contributed by atoms with E-state index in [9.17, 15) is 4.79 Å². The first-order chi connectivity index (χ1) is 10.2. The number of amides is 1. The van der Waals surface area contributed by atoms with Crippen molar-refractivity contribution in [1.29, 1.82) is 0 Å². The maximum absolute atomic E-state index is 11.0. The molecule has 0 atom stereocenters. The van der Waals surface area contributed by atoms with E-state index in [1.165, 1.54) is 6.08 Å². The second kappa shape index (κ2) is 7.47. The molecule has 5 heteroatoms. The van der Waals surface area contributed by atoms with Gasteiger partial charge in [-0.05, 0) is 35.4 Å². The number of carbonyl (C=O) groups excluding carboxylic acids is 1. The van der Waals surface area contributed by atoms with Crippen molar-refractivity contribution in [1.82, 2.24) is 5.48 Å². The summed E-state index contributed by atoms with van der Waals surface area (Å²) in [6.07, 6.45) is 2.90. The van der Waals surface area contributed by atoms with Gasteiger partial charge in [-0.25, -0.2) is 5.48 Å². The van der Waals surface area contributed by atoms with Crippen molar-refractivity contribution in [2.24, 2.45) is 0 Å². The predicted molar refractivity (Wildman–Crippen MR) is 84.2 cm³/mol. The highest BCUT2D eigenvalue weighted by Crippen LogP contribution is 2.18. The Morgan fingerprint density at radius 2 is 1.86 bits per heavy atom. The quantitative estimate of drug-likeness (QED) is 0.450. The highest BCUT2D eigenvalue weighted by molar-refractivity contribution is 6.30. The minimum absolute atomic E-state index is 0.567. The molecule has 2 aromatic carbocycles. The van der Waals surface area contributed by atoms with Gasteiger partial charge in [0.15, 0.2) is 0 Å². The molecule has 3 N–H and O–H groups in total. The molecule has 0 spiro atoms. The van der Waals surface area contributed by atoms with Gasteiger partial charge >= 0.3 is 0 Å². The number of hydrogen-bond donors (Lipinski definition) is 3. The van der Waals surface area contributed by atoms with Gasteiger partial charge in [-0.2, -0.15) is 0 Å². The molecule has 0 fully saturated rings. The molecule has 0 saturated carbocycles. The second-order valence-electron chi connectivity index (χ2n) is 4.38. The Balaban J connectivity index is 2.07. The Morgan fingerprint density at radius 1 is 1.14 bits per heavy atom. The molecule has 0 heterocycles. The number of carbonyl (C=O) groups is 1. The number of para-hydroxylation sites is 1. The Labute approximate surface area is 128 Å². The summed E-state index contributed by atoms with van der Waals surface area (Å²) in [6, 6.07) is 15.2. The molecule has 0 unspecified atom stereocenters. The summed E-state index contributed by atoms with van der Waals surface area (Å²) in [5.74, 6) is -0.567. The molecule has 4 nitrogen and oxygen atoms in total. The van der Waals surface area contributed by atoms with Crippen molar-refractivity contribution >= 4 is 29.3 Å². The van der Waals surface area contributed by atoms with Crippen molar-refractivity contribution in [3.8, 4) is 0 Å². The SMILES string of the molecule is O=C(C=Cc1ccccc1NCc1ccc(Cl)cc1)NO. The third-order valence-corrected chi connectivity index (χ3v) is 3.13. The summed E-state index contributed by atoms with van der Waals surface area (Å²) in [4.78, 5) is 11.0. The van der Waals surface area contributed by atoms with Crippen molar-refractivity contribution in [2.75, 3.05) is 5.32 Å². The van der Waals surface area contributed by atoms with Crippen molar-refractivity contribution < 1.29 is 10.0 Å². The van der Waals surface area contributed by atoms with E-state index in [-0.39, 0.29) is 0 Å². The number of hydroxylamine groups is 1. The fourth-order valence-electron chi connectivity index (χ4n) is 1.81. The predicted octanol–water partition coefficient (Wildman–Crippen LogP) is 3.47. The van der Waals surface area contributed by atoms with Crippen LogP contribution in [0, 0.1) is 0 Å². The third kappa shape index (κ3) is 4.63. The van der Waals surface area contributed by atoms with Crippen LogP contribution >= 0.6 is 11.6 Å². The number of halogens is 1. The molecule has 1 amide bonds. The van der Waals surface area contributed by atoms with Gasteiger partial charge in [0.05, 0.1) is 0 Å². The Bertz CT molecular complexity index is 639. The van der Waals surface area contributed by atoms with Gasteiger partial charge in [0, 0.05) is 23.3 Å². The monoisotopic (exact) mass is 302 g/mol. The Morgan fingerprint density at radius 3 is 2.57 bits per heavy atom. The van der Waals surface area contributed by atoms with Crippen molar-refractivity contribution in [3.63, 3.8) is 0 Å². The van der Waals surface area contributed by atoms with Gasteiger partial charge in [-0.3, -0.25) is 10.0 Å². The molecule has 0 aliphatic heterocycles. The van der Waals surface area contributed by atoms with Gasteiger partial charge < -0.3 is 5.32 Å². The molecular weight excluding hydrogens is 288 g/mol. The van der Waals surface area contributed by atoms with Crippen LogP contribution in [0.25, 0.3) is 6.08 Å². The van der Waals surface area contributed by atoms with Crippen molar-refractivity contribution in [2.45, 2.75) is 6.54 Å². The van der Waals surface area contributed by atoms with Crippen molar-refractivity contribution in [3.05, 3.63) is 70.8 Å². The summed E-state index contributed by atoms with van der Waals surface area (Å²) >= 11 is 5.85. The topological polar surface area (TPSA) is 61.4 Å². The zero-order valence-corrected chi connectivity index (χ0v) is 12.0. The molecule has 0 aliphatic carbocycles. The highest BCUT2D eigenvalue weighted by atomic mass is 35.5. The van der Waals surface area contributed by atoms with E-state index >= 15 is 0 Å². The van der Waals surface area contributed by atoms with E-state index in [0.29, 0.717) is 11.6 Å². The van der Waals surface area contributed by atoms with E-state index in [0.717, 1.165) is 16.8 Å². The van der Waals surface area contributed by atoms with E-state index < -0.39 is 5.91 Å². The highest BCUT2D eigenvalue weighted by Gasteiger charge is 2.00. The second-order valence-corrected chi connectivity index (χ2v) is 4.81. The molecule has 0 aromatic heterocycles. The molecule has 108 valence electrons. The number of anilines is 1. The molecule has 0 bridgehead atoms. The fourth-order valence-corrected chi connectivity index (χ4v) is 1.93. The minimum Gasteiger partial charge on any atom is -0.380 e. The molecule has 0 saturated heterocycles. The van der Waals surface area contributed by atoms with E-state index in [1.54, 1.807) is 11.6 Å². The lowest BCUT2D eigenvalue weighted by molar-refractivity contribution is -0.124. The van der Waals surface area contributed by atoms with Crippen LogP contribution in [0.4, 0.5) is 5.69 Å². The first-order valence-electron chi connectivity index (χ1n) is 6.38. The van der Waals surface area contributed by atoms with E-state index in [4.69, 9.17) is 16.8 Å². The molecule has 0 radical (unpaired) electrons. The Kier molecular flexibility index (Phi) is 5.37. The van der Waals surface area contributed by atoms with Crippen LogP contribution in [0.5, 0.6) is 0 Å². The standard InChI is InChI=1S/C16H15ClN2O2/c17-14-8-5-12(6-9-14)11-18-15-4-2-1-3-13(15)7-10-16(20)19-21/h1-10,18,21H,11H2,(H,19,20). The average Bonchev–Trinajstić information content (AvgIpc) is 2.52. The maximum Gasteiger partial charge on any atom is 0.267 e. The number of rotatable bonds is 5. The summed E-state index contributed by atoms with van der Waals surface area (Å²) in [5, 5.41) is 12.5. The first kappa shape index (κ1) is 15.1. The minimum atomic E-state index is -0.567. The fraction of sp³-hybridized carbons (Fsp3) is 0.0625. The Hall–Kier alpha value is -2.30. The molecule has 2 aromatic rings. The third-order valence-electron chi connectivity index (χ3n) is 2.88. The van der Waals surface area contributed by atoms with Gasteiger partial charge in [0.1, 0.15) is 0 Å². The maximum atomic E-state index is 11.0. The summed E-state index contributed by atoms with van der Waals surface area (Å²) in [5.41, 5.74) is 4.42. The molecule has 0 aliphatic rings. The zero-order valence-electron chi connectivity index (χ0n) is 11.2. The molecule has 21 heavy (non-hydrogen) atoms. The summed E-state index contributed by atoms with van der Waals surface area (Å²) in [6.45, 7) is 0.647. The summed E-state index contributed by atoms with van der Waals surface area (Å²) in [7, 11) is 0. The zero-order chi connectivity index (χ0) is 15.1. The average molecular weight is 303 g/mol. The van der Waals surface area contributed by atoms with Crippen LogP contribution < -0.4 is 10.8 Å². The number of hydrogen-bond acceptors (Lipinski definition) is 3. The lowest BCUT2D eigenvalue weighted by atomic mass is 10.1. The number of benzene rings is 2. The number of nitrogens with one attached hydrogen (secondary N) is 2. The van der Waals surface area contributed by atoms with Gasteiger partial charge in [0.25, 0.3) is 5.91 Å². The van der Waals surface area contributed by atoms with Crippen LogP contribution in [0.15, 0.2) is 54.6 Å². The largest absolute Gasteiger partial charge is 0.380 e. The molecule has 2 rings (SSSR count). The normalized spacial score (nSPS) is 10.6. The first-order valence-corrected chi connectivity index (χ1v) is 6.76. The van der Waals surface area contributed by atoms with E-state index in [2.05, 4.69) is 5.32 Å². The van der Waals surface area contributed by atoms with Crippen LogP contribution in [0.3, 0.4) is 0 Å². The van der Waals surface area contributed by atoms with Gasteiger partial charge in [-0.15, -0.1) is 0 Å². The van der Waals surface area contributed by atoms with E-state index in [1.807, 2.05) is 48.5 Å². The van der Waals surface area contributed by atoms with Crippen LogP contribution in [-0.4, -0.2) is 11.1 Å². The smallest absolute Gasteiger partial charge is 0.267 e. The van der Waals surface area contributed by atoms with Crippen LogP contribution in [0.2, 0.25) is 5.02 Å². The lowest BCUT2D eigenvalue weighted by Crippen LogP contribution is -2.14.